The van der Waals surface area contributed by atoms with Crippen LogP contribution in [0.5, 0.6) is 0 Å². The number of carbonyl (C=O) groups is 1. The van der Waals surface area contributed by atoms with E-state index in [2.05, 4.69) is 6.92 Å². The van der Waals surface area contributed by atoms with Gasteiger partial charge in [0.05, 0.1) is 6.42 Å². The van der Waals surface area contributed by atoms with Crippen LogP contribution in [-0.2, 0) is 11.2 Å². The summed E-state index contributed by atoms with van der Waals surface area (Å²) in [5, 5.41) is 0. The third-order valence-corrected chi connectivity index (χ3v) is 3.11. The highest BCUT2D eigenvalue weighted by molar-refractivity contribution is 5.79. The summed E-state index contributed by atoms with van der Waals surface area (Å²) in [6, 6.07) is 8.08. The van der Waals surface area contributed by atoms with Gasteiger partial charge in [-0.25, -0.2) is 0 Å². The van der Waals surface area contributed by atoms with Crippen LogP contribution in [0.3, 0.4) is 0 Å². The normalized spacial score (nSPS) is 14.6. The van der Waals surface area contributed by atoms with Gasteiger partial charge in [0.2, 0.25) is 5.91 Å². The third kappa shape index (κ3) is 3.22. The number of hydrogen-bond acceptors (Lipinski definition) is 2. The monoisotopic (exact) mass is 232 g/mol. The van der Waals surface area contributed by atoms with Gasteiger partial charge in [0.25, 0.3) is 0 Å². The van der Waals surface area contributed by atoms with E-state index in [4.69, 9.17) is 5.73 Å². The van der Waals surface area contributed by atoms with Gasteiger partial charge in [-0.15, -0.1) is 0 Å². The van der Waals surface area contributed by atoms with Crippen molar-refractivity contribution in [2.75, 3.05) is 12.3 Å². The van der Waals surface area contributed by atoms with E-state index in [-0.39, 0.29) is 5.91 Å². The molecule has 0 atom stereocenters. The molecule has 17 heavy (non-hydrogen) atoms. The molecule has 0 unspecified atom stereocenters. The van der Waals surface area contributed by atoms with E-state index in [0.29, 0.717) is 12.5 Å². The van der Waals surface area contributed by atoms with Gasteiger partial charge in [0.15, 0.2) is 0 Å². The first-order valence-corrected chi connectivity index (χ1v) is 6.34. The molecule has 2 rings (SSSR count). The zero-order valence-electron chi connectivity index (χ0n) is 10.4. The lowest BCUT2D eigenvalue weighted by atomic mass is 10.1. The highest BCUT2D eigenvalue weighted by Gasteiger charge is 2.31. The van der Waals surface area contributed by atoms with E-state index < -0.39 is 0 Å². The average molecular weight is 232 g/mol. The summed E-state index contributed by atoms with van der Waals surface area (Å²) in [5.41, 5.74) is 7.42. The van der Waals surface area contributed by atoms with Crippen molar-refractivity contribution in [1.29, 1.82) is 0 Å². The van der Waals surface area contributed by atoms with Gasteiger partial charge in [0.1, 0.15) is 0 Å². The molecule has 1 amide bonds. The Balaban J connectivity index is 1.96. The van der Waals surface area contributed by atoms with Crippen molar-refractivity contribution in [2.24, 2.45) is 0 Å². The summed E-state index contributed by atoms with van der Waals surface area (Å²) in [4.78, 5) is 14.2. The van der Waals surface area contributed by atoms with Crippen molar-refractivity contribution in [2.45, 2.75) is 38.6 Å². The van der Waals surface area contributed by atoms with Gasteiger partial charge in [-0.2, -0.15) is 0 Å². The number of anilines is 1. The molecule has 1 fully saturated rings. The van der Waals surface area contributed by atoms with Crippen molar-refractivity contribution in [1.82, 2.24) is 4.90 Å². The quantitative estimate of drug-likeness (QED) is 0.791. The summed E-state index contributed by atoms with van der Waals surface area (Å²) in [5.74, 6) is 0.249. The SMILES string of the molecule is CCCN(C(=O)Cc1ccc(N)cc1)C1CC1. The van der Waals surface area contributed by atoms with Crippen LogP contribution in [0.4, 0.5) is 5.69 Å². The van der Waals surface area contributed by atoms with Crippen LogP contribution in [-0.4, -0.2) is 23.4 Å². The Bertz CT molecular complexity index is 382. The van der Waals surface area contributed by atoms with Crippen LogP contribution in [0.2, 0.25) is 0 Å². The second-order valence-corrected chi connectivity index (χ2v) is 4.74. The topological polar surface area (TPSA) is 46.3 Å². The van der Waals surface area contributed by atoms with E-state index in [9.17, 15) is 4.79 Å². The Morgan fingerprint density at radius 1 is 1.35 bits per heavy atom. The average Bonchev–Trinajstić information content (AvgIpc) is 3.13. The first-order chi connectivity index (χ1) is 8.20. The first-order valence-electron chi connectivity index (χ1n) is 6.34. The predicted molar refractivity (Wildman–Crippen MR) is 69.6 cm³/mol. The maximum Gasteiger partial charge on any atom is 0.227 e. The van der Waals surface area contributed by atoms with Gasteiger partial charge in [0, 0.05) is 18.3 Å². The zero-order valence-corrected chi connectivity index (χ0v) is 10.4. The number of nitrogen functional groups attached to an aromatic ring is 1. The van der Waals surface area contributed by atoms with Crippen molar-refractivity contribution in [3.8, 4) is 0 Å². The molecular formula is C14H20N2O. The molecule has 0 aliphatic heterocycles. The van der Waals surface area contributed by atoms with E-state index in [1.165, 1.54) is 12.8 Å². The molecule has 92 valence electrons. The van der Waals surface area contributed by atoms with Crippen LogP contribution in [0.25, 0.3) is 0 Å². The fourth-order valence-corrected chi connectivity index (χ4v) is 2.05. The fourth-order valence-electron chi connectivity index (χ4n) is 2.05. The summed E-state index contributed by atoms with van der Waals surface area (Å²) in [6.45, 7) is 3.00. The molecule has 0 radical (unpaired) electrons. The minimum atomic E-state index is 0.249. The van der Waals surface area contributed by atoms with Gasteiger partial charge >= 0.3 is 0 Å². The first kappa shape index (κ1) is 12.0. The smallest absolute Gasteiger partial charge is 0.227 e. The summed E-state index contributed by atoms with van der Waals surface area (Å²) >= 11 is 0. The Kier molecular flexibility index (Phi) is 3.67. The molecule has 1 aromatic rings. The Morgan fingerprint density at radius 3 is 2.53 bits per heavy atom. The maximum atomic E-state index is 12.2. The van der Waals surface area contributed by atoms with Crippen LogP contribution < -0.4 is 5.73 Å². The van der Waals surface area contributed by atoms with Crippen molar-refractivity contribution < 1.29 is 4.79 Å². The van der Waals surface area contributed by atoms with Gasteiger partial charge < -0.3 is 10.6 Å². The lowest BCUT2D eigenvalue weighted by molar-refractivity contribution is -0.131. The minimum absolute atomic E-state index is 0.249. The summed E-state index contributed by atoms with van der Waals surface area (Å²) < 4.78 is 0. The number of nitrogens with two attached hydrogens (primary N) is 1. The van der Waals surface area contributed by atoms with Gasteiger partial charge in [-0.3, -0.25) is 4.79 Å². The van der Waals surface area contributed by atoms with Crippen LogP contribution in [0, 0.1) is 0 Å². The van der Waals surface area contributed by atoms with Gasteiger partial charge in [-0.1, -0.05) is 19.1 Å². The van der Waals surface area contributed by atoms with Crippen LogP contribution >= 0.6 is 0 Å². The molecule has 1 aromatic carbocycles. The van der Waals surface area contributed by atoms with Crippen molar-refractivity contribution >= 4 is 11.6 Å². The maximum absolute atomic E-state index is 12.2. The van der Waals surface area contributed by atoms with Crippen LogP contribution in [0.15, 0.2) is 24.3 Å². The molecule has 0 aromatic heterocycles. The highest BCUT2D eigenvalue weighted by atomic mass is 16.2. The van der Waals surface area contributed by atoms with Crippen LogP contribution in [0.1, 0.15) is 31.7 Å². The fraction of sp³-hybridized carbons (Fsp3) is 0.500. The summed E-state index contributed by atoms with van der Waals surface area (Å²) in [7, 11) is 0. The number of carbonyl (C=O) groups excluding carboxylic acids is 1. The van der Waals surface area contributed by atoms with E-state index in [1.807, 2.05) is 29.2 Å². The minimum Gasteiger partial charge on any atom is -0.399 e. The van der Waals surface area contributed by atoms with Crippen molar-refractivity contribution in [3.63, 3.8) is 0 Å². The highest BCUT2D eigenvalue weighted by Crippen LogP contribution is 2.27. The summed E-state index contributed by atoms with van der Waals surface area (Å²) in [6.07, 6.45) is 3.88. The second-order valence-electron chi connectivity index (χ2n) is 4.74. The molecule has 1 saturated carbocycles. The molecule has 3 nitrogen and oxygen atoms in total. The molecule has 0 spiro atoms. The molecule has 3 heteroatoms. The number of rotatable bonds is 5. The molecule has 1 aliphatic carbocycles. The Hall–Kier alpha value is -1.51. The molecule has 2 N–H and O–H groups in total. The van der Waals surface area contributed by atoms with E-state index >= 15 is 0 Å². The lowest BCUT2D eigenvalue weighted by Gasteiger charge is -2.21. The van der Waals surface area contributed by atoms with Crippen molar-refractivity contribution in [3.05, 3.63) is 29.8 Å². The second kappa shape index (κ2) is 5.21. The molecule has 0 heterocycles. The predicted octanol–water partition coefficient (Wildman–Crippen LogP) is 2.21. The number of benzene rings is 1. The molecule has 0 bridgehead atoms. The standard InChI is InChI=1S/C14H20N2O/c1-2-9-16(13-7-8-13)14(17)10-11-3-5-12(15)6-4-11/h3-6,13H,2,7-10,15H2,1H3. The lowest BCUT2D eigenvalue weighted by Crippen LogP contribution is -2.34. The third-order valence-electron chi connectivity index (χ3n) is 3.11. The number of nitrogens with zero attached hydrogens (tertiary/aromatic N) is 1. The Labute approximate surface area is 103 Å². The molecule has 0 saturated heterocycles. The van der Waals surface area contributed by atoms with E-state index in [1.54, 1.807) is 0 Å². The zero-order chi connectivity index (χ0) is 12.3. The number of hydrogen-bond donors (Lipinski definition) is 1. The molecule has 1 aliphatic rings. The molecular weight excluding hydrogens is 212 g/mol. The number of amides is 1. The largest absolute Gasteiger partial charge is 0.399 e. The Morgan fingerprint density at radius 2 is 2.00 bits per heavy atom. The van der Waals surface area contributed by atoms with Gasteiger partial charge in [-0.05, 0) is 37.0 Å². The van der Waals surface area contributed by atoms with E-state index in [0.717, 1.165) is 24.2 Å².